The van der Waals surface area contributed by atoms with Crippen LogP contribution in [0.2, 0.25) is 3.43 Å². The number of halogens is 1. The molecular weight excluding hydrogens is 510 g/mol. The van der Waals surface area contributed by atoms with Crippen LogP contribution in [0.3, 0.4) is 0 Å². The monoisotopic (exact) mass is 527 g/mol. The van der Waals surface area contributed by atoms with Crippen molar-refractivity contribution in [1.29, 1.82) is 0 Å². The molecule has 2 fully saturated rings. The molecule has 0 saturated heterocycles. The molecule has 23 heavy (non-hydrogen) atoms. The van der Waals surface area contributed by atoms with Crippen LogP contribution in [0.4, 0.5) is 0 Å². The first-order valence-electron chi connectivity index (χ1n) is 7.54. The molecule has 0 aliphatic heterocycles. The molecule has 8 atom stereocenters. The van der Waals surface area contributed by atoms with E-state index in [9.17, 15) is 9.59 Å². The molecule has 4 aliphatic carbocycles. The second-order valence-corrected chi connectivity index (χ2v) is 13.9. The van der Waals surface area contributed by atoms with Crippen molar-refractivity contribution >= 4 is 20.2 Å². The summed E-state index contributed by atoms with van der Waals surface area (Å²) in [5.41, 5.74) is 8.83. The van der Waals surface area contributed by atoms with Crippen molar-refractivity contribution in [3.8, 4) is 0 Å². The molecule has 0 aromatic rings. The molecular formula is C14H16ClHgN3O4. The number of esters is 2. The number of hydrogen-bond donors (Lipinski definition) is 0. The minimum atomic E-state index is -1.69. The summed E-state index contributed by atoms with van der Waals surface area (Å²) >= 11 is -1.69. The molecule has 9 heteroatoms. The molecule has 4 rings (SSSR count). The van der Waals surface area contributed by atoms with E-state index in [4.69, 9.17) is 23.3 Å². The van der Waals surface area contributed by atoms with E-state index in [1.54, 1.807) is 0 Å². The summed E-state index contributed by atoms with van der Waals surface area (Å²) in [5, 5.41) is 3.94. The number of nitrogens with zero attached hydrogens (tertiary/aromatic N) is 3. The zero-order valence-corrected chi connectivity index (χ0v) is 19.1. The zero-order chi connectivity index (χ0) is 16.7. The van der Waals surface area contributed by atoms with E-state index in [0.29, 0.717) is 0 Å². The molecule has 4 aliphatic rings. The molecule has 0 radical (unpaired) electrons. The van der Waals surface area contributed by atoms with Gasteiger partial charge in [0.1, 0.15) is 0 Å². The van der Waals surface area contributed by atoms with Crippen LogP contribution in [0.25, 0.3) is 10.4 Å². The molecule has 0 amide bonds. The molecule has 2 saturated carbocycles. The number of carbonyl (C=O) groups is 2. The normalized spacial score (nSPS) is 42.6. The molecule has 120 valence electrons. The van der Waals surface area contributed by atoms with Gasteiger partial charge in [-0.2, -0.15) is 0 Å². The predicted octanol–water partition coefficient (Wildman–Crippen LogP) is 2.33. The van der Waals surface area contributed by atoms with Gasteiger partial charge in [-0.3, -0.25) is 0 Å². The Morgan fingerprint density at radius 3 is 2.09 bits per heavy atom. The predicted molar refractivity (Wildman–Crippen MR) is 76.6 cm³/mol. The van der Waals surface area contributed by atoms with E-state index in [1.807, 2.05) is 12.2 Å². The summed E-state index contributed by atoms with van der Waals surface area (Å²) in [6.07, 6.45) is 4.00. The number of ether oxygens (including phenoxy) is 2. The summed E-state index contributed by atoms with van der Waals surface area (Å²) in [7, 11) is 8.95. The van der Waals surface area contributed by atoms with Crippen LogP contribution < -0.4 is 0 Å². The molecule has 7 nitrogen and oxygen atoms in total. The Bertz CT molecular complexity index is 609. The average Bonchev–Trinajstić information content (AvgIpc) is 2.57. The fourth-order valence-electron chi connectivity index (χ4n) is 4.91. The van der Waals surface area contributed by atoms with Gasteiger partial charge in [-0.15, -0.1) is 0 Å². The molecule has 0 aromatic heterocycles. The Morgan fingerprint density at radius 2 is 1.65 bits per heavy atom. The summed E-state index contributed by atoms with van der Waals surface area (Å²) in [6.45, 7) is 0. The SMILES string of the molecule is COC(=O)[C@@H]1[C@@H]2C=C[C@H]([C@@H]1C(=O)OC)[C@H]1[C@H](N=[N+]=[N-])[C@H]([Hg][Cl])[C@@H]21. The molecule has 2 bridgehead atoms. The third-order valence-corrected chi connectivity index (χ3v) is 14.2. The van der Waals surface area contributed by atoms with Gasteiger partial charge in [0.15, 0.2) is 0 Å². The minimum absolute atomic E-state index is 0.0784. The van der Waals surface area contributed by atoms with Crippen LogP contribution >= 0.6 is 8.25 Å². The van der Waals surface area contributed by atoms with Crippen molar-refractivity contribution in [2.45, 2.75) is 9.47 Å². The van der Waals surface area contributed by atoms with Crippen molar-refractivity contribution in [3.05, 3.63) is 22.6 Å². The number of carbonyl (C=O) groups excluding carboxylic acids is 2. The number of fused-ring (bicyclic) bond motifs is 1. The van der Waals surface area contributed by atoms with Crippen LogP contribution in [0.5, 0.6) is 0 Å². The summed E-state index contributed by atoms with van der Waals surface area (Å²) in [4.78, 5) is 27.6. The number of rotatable bonds is 4. The zero-order valence-electron chi connectivity index (χ0n) is 12.8. The van der Waals surface area contributed by atoms with Crippen molar-refractivity contribution in [2.24, 2.45) is 40.6 Å². The van der Waals surface area contributed by atoms with E-state index in [-0.39, 0.29) is 39.1 Å². The molecule has 0 spiro atoms. The van der Waals surface area contributed by atoms with Crippen molar-refractivity contribution < 1.29 is 42.4 Å². The Kier molecular flexibility index (Phi) is 4.90. The first-order valence-corrected chi connectivity index (χ1v) is 17.5. The van der Waals surface area contributed by atoms with Gasteiger partial charge in [-0.05, 0) is 0 Å². The van der Waals surface area contributed by atoms with Crippen molar-refractivity contribution in [3.63, 3.8) is 0 Å². The molecule has 0 aromatic carbocycles. The maximum atomic E-state index is 12.3. The van der Waals surface area contributed by atoms with E-state index in [2.05, 4.69) is 10.0 Å². The number of allylic oxidation sites excluding steroid dienone is 2. The van der Waals surface area contributed by atoms with Gasteiger partial charge in [-0.25, -0.2) is 0 Å². The van der Waals surface area contributed by atoms with Crippen LogP contribution in [-0.4, -0.2) is 32.2 Å². The van der Waals surface area contributed by atoms with Gasteiger partial charge >= 0.3 is 149 Å². The first kappa shape index (κ1) is 17.1. The standard InChI is InChI=1S/C14H16N3O4.ClH.Hg/c1-20-13(18)11-6-3-4-7(12(11)14(19)21-2)10-8(6)5-9(10)16-17-15;;/h3-12H,1-2H3;1H;/q;;+1/p-1/t6-,7+,8+,9-,10-,11-,12+;;/m1../s1. The maximum absolute atomic E-state index is 12.3. The summed E-state index contributed by atoms with van der Waals surface area (Å²) in [6, 6.07) is -0.146. The number of hydrogen-bond acceptors (Lipinski definition) is 5. The molecule has 0 heterocycles. The quantitative estimate of drug-likeness (QED) is 0.140. The number of azide groups is 1. The fraction of sp³-hybridized carbons (Fsp3) is 0.714. The van der Waals surface area contributed by atoms with Gasteiger partial charge in [0.25, 0.3) is 0 Å². The Balaban J connectivity index is 2.01. The Labute approximate surface area is 149 Å². The Hall–Kier alpha value is -0.785. The van der Waals surface area contributed by atoms with Gasteiger partial charge in [0, 0.05) is 0 Å². The second kappa shape index (κ2) is 6.61. The topological polar surface area (TPSA) is 101 Å². The third-order valence-electron chi connectivity index (χ3n) is 5.74. The van der Waals surface area contributed by atoms with E-state index < -0.39 is 41.1 Å². The second-order valence-electron chi connectivity index (χ2n) is 6.31. The Morgan fingerprint density at radius 1 is 1.13 bits per heavy atom. The van der Waals surface area contributed by atoms with Crippen LogP contribution in [0, 0.1) is 35.5 Å². The summed E-state index contributed by atoms with van der Waals surface area (Å²) < 4.78 is 10.1. The fourth-order valence-corrected chi connectivity index (χ4v) is 13.9. The van der Waals surface area contributed by atoms with Crippen molar-refractivity contribution in [1.82, 2.24) is 0 Å². The van der Waals surface area contributed by atoms with Crippen LogP contribution in [0.15, 0.2) is 17.3 Å². The van der Waals surface area contributed by atoms with Gasteiger partial charge in [0.2, 0.25) is 0 Å². The summed E-state index contributed by atoms with van der Waals surface area (Å²) in [5.74, 6) is -1.84. The molecule has 0 unspecified atom stereocenters. The van der Waals surface area contributed by atoms with Gasteiger partial charge in [-0.1, -0.05) is 0 Å². The van der Waals surface area contributed by atoms with Gasteiger partial charge < -0.3 is 0 Å². The molecule has 0 N–H and O–H groups in total. The number of methoxy groups -OCH3 is 2. The van der Waals surface area contributed by atoms with Crippen LogP contribution in [-0.2, 0) is 42.4 Å². The average molecular weight is 526 g/mol. The van der Waals surface area contributed by atoms with E-state index in [0.717, 1.165) is 0 Å². The van der Waals surface area contributed by atoms with E-state index in [1.165, 1.54) is 14.2 Å². The third kappa shape index (κ3) is 2.39. The van der Waals surface area contributed by atoms with E-state index >= 15 is 0 Å². The van der Waals surface area contributed by atoms with Gasteiger partial charge in [0.05, 0.1) is 0 Å². The van der Waals surface area contributed by atoms with Crippen molar-refractivity contribution in [2.75, 3.05) is 14.2 Å². The van der Waals surface area contributed by atoms with Crippen LogP contribution in [0.1, 0.15) is 0 Å². The first-order chi connectivity index (χ1) is 11.1.